The van der Waals surface area contributed by atoms with Crippen LogP contribution >= 0.6 is 0 Å². The van der Waals surface area contributed by atoms with E-state index in [1.54, 1.807) is 0 Å². The van der Waals surface area contributed by atoms with Crippen molar-refractivity contribution in [3.8, 4) is 16.8 Å². The van der Waals surface area contributed by atoms with Gasteiger partial charge in [0.15, 0.2) is 0 Å². The molecule has 0 spiro atoms. The van der Waals surface area contributed by atoms with Gasteiger partial charge in [0.25, 0.3) is 0 Å². The zero-order valence-electron chi connectivity index (χ0n) is 46.9. The second-order valence-electron chi connectivity index (χ2n) is 28.0. The first-order valence-electron chi connectivity index (χ1n) is 26.9. The van der Waals surface area contributed by atoms with E-state index < -0.39 is 0 Å². The minimum atomic E-state index is -0.193. The number of hydrogen-bond donors (Lipinski definition) is 0. The highest BCUT2D eigenvalue weighted by Crippen LogP contribution is 2.53. The number of rotatable bonds is 2. The Hall–Kier alpha value is -6.46. The predicted octanol–water partition coefficient (Wildman–Crippen LogP) is 17.8. The summed E-state index contributed by atoms with van der Waals surface area (Å²) in [4.78, 5) is 2.51. The number of nitrogens with zero attached hydrogens (tertiary/aromatic N) is 3. The first kappa shape index (κ1) is 47.5. The molecule has 0 saturated carbocycles. The molecule has 73 heavy (non-hydrogen) atoms. The van der Waals surface area contributed by atoms with Crippen molar-refractivity contribution in [2.24, 2.45) is 0 Å². The number of aromatic nitrogens is 2. The van der Waals surface area contributed by atoms with E-state index >= 15 is 0 Å². The van der Waals surface area contributed by atoms with Gasteiger partial charge < -0.3 is 13.5 Å². The van der Waals surface area contributed by atoms with Crippen LogP contribution in [0.4, 0.5) is 17.3 Å². The largest absolute Gasteiger partial charge is 0.440 e. The van der Waals surface area contributed by atoms with Crippen LogP contribution in [0.15, 0.2) is 126 Å². The van der Waals surface area contributed by atoms with E-state index in [4.69, 9.17) is 4.42 Å². The first-order valence-corrected chi connectivity index (χ1v) is 26.9. The van der Waals surface area contributed by atoms with Gasteiger partial charge in [-0.05, 0) is 138 Å². The van der Waals surface area contributed by atoms with Crippen molar-refractivity contribution in [3.63, 3.8) is 0 Å². The van der Waals surface area contributed by atoms with E-state index in [2.05, 4.69) is 260 Å². The third-order valence-electron chi connectivity index (χ3n) is 16.6. The van der Waals surface area contributed by atoms with Crippen LogP contribution in [0.25, 0.3) is 71.4 Å². The fourth-order valence-electron chi connectivity index (χ4n) is 12.3. The summed E-state index contributed by atoms with van der Waals surface area (Å²) < 4.78 is 13.0. The molecule has 0 radical (unpaired) electrons. The number of para-hydroxylation sites is 1. The maximum Gasteiger partial charge on any atom is 0.337 e. The van der Waals surface area contributed by atoms with Crippen LogP contribution in [0.3, 0.4) is 0 Å². The summed E-state index contributed by atoms with van der Waals surface area (Å²) in [5.74, 6) is 0.908. The molecule has 0 unspecified atom stereocenters. The van der Waals surface area contributed by atoms with Crippen LogP contribution in [-0.2, 0) is 32.5 Å². The van der Waals surface area contributed by atoms with Crippen LogP contribution in [0.1, 0.15) is 158 Å². The van der Waals surface area contributed by atoms with E-state index in [0.717, 1.165) is 17.2 Å². The van der Waals surface area contributed by atoms with E-state index in [0.29, 0.717) is 0 Å². The van der Waals surface area contributed by atoms with Gasteiger partial charge in [0.2, 0.25) is 5.88 Å². The van der Waals surface area contributed by atoms with Gasteiger partial charge in [-0.1, -0.05) is 179 Å². The summed E-state index contributed by atoms with van der Waals surface area (Å²) in [5, 5.41) is 6.36. The van der Waals surface area contributed by atoms with E-state index in [9.17, 15) is 0 Å². The summed E-state index contributed by atoms with van der Waals surface area (Å²) in [5.41, 5.74) is 21.9. The molecule has 2 aliphatic heterocycles. The Labute approximate surface area is 434 Å². The van der Waals surface area contributed by atoms with Gasteiger partial charge in [0, 0.05) is 71.6 Å². The molecule has 0 aliphatic carbocycles. The van der Waals surface area contributed by atoms with E-state index in [1.807, 2.05) is 0 Å². The van der Waals surface area contributed by atoms with Crippen molar-refractivity contribution in [2.75, 3.05) is 4.90 Å². The molecule has 4 nitrogen and oxygen atoms in total. The topological polar surface area (TPSA) is 26.2 Å². The second kappa shape index (κ2) is 15.1. The Kier molecular flexibility index (Phi) is 9.82. The fourth-order valence-corrected chi connectivity index (χ4v) is 12.3. The molecule has 5 heteroatoms. The molecule has 0 amide bonds. The van der Waals surface area contributed by atoms with Crippen LogP contribution in [0.5, 0.6) is 0 Å². The standard InChI is InChI=1S/C68H74BN3O/c1-63(2,3)39-24-28-45(29-25-39)71-55-37-43(67(13,14)15)34-49-57-56-48-33-41(65(7,8)9)26-30-52(48)70(44-22-20-19-21-23-44)54(56)38-47-46-32-40(64(4,5)6)27-31-53(46)72(60(47)57)69(58(49)55)59-50-35-42(66(10,11)12)36-51(68(16,17)18)61(50)73-62(59)71/h19-38H,1-18H3. The number of fused-ring (bicyclic) bond motifs is 13. The van der Waals surface area contributed by atoms with Gasteiger partial charge in [0.05, 0.1) is 11.0 Å². The molecule has 5 heterocycles. The molecular weight excluding hydrogens is 886 g/mol. The van der Waals surface area contributed by atoms with Crippen molar-refractivity contribution in [1.82, 2.24) is 9.05 Å². The zero-order chi connectivity index (χ0) is 52.0. The molecule has 7 aromatic carbocycles. The van der Waals surface area contributed by atoms with Crippen LogP contribution < -0.4 is 15.8 Å². The number of hydrogen-bond acceptors (Lipinski definition) is 2. The minimum absolute atomic E-state index is 0.000896. The molecule has 2 aliphatic rings. The lowest BCUT2D eigenvalue weighted by atomic mass is 9.45. The van der Waals surface area contributed by atoms with Gasteiger partial charge in [-0.3, -0.25) is 4.90 Å². The zero-order valence-corrected chi connectivity index (χ0v) is 46.9. The molecule has 12 rings (SSSR count). The molecule has 0 atom stereocenters. The number of benzene rings is 7. The lowest BCUT2D eigenvalue weighted by Gasteiger charge is -2.39. The summed E-state index contributed by atoms with van der Waals surface area (Å²) in [6.07, 6.45) is 0. The van der Waals surface area contributed by atoms with Crippen molar-refractivity contribution >= 4 is 89.6 Å². The van der Waals surface area contributed by atoms with Crippen LogP contribution in [-0.4, -0.2) is 15.9 Å². The predicted molar refractivity (Wildman–Crippen MR) is 316 cm³/mol. The lowest BCUT2D eigenvalue weighted by Crippen LogP contribution is -2.56. The Balaban J connectivity index is 1.36. The van der Waals surface area contributed by atoms with Crippen molar-refractivity contribution < 1.29 is 4.42 Å². The number of furan rings is 1. The van der Waals surface area contributed by atoms with Crippen LogP contribution in [0.2, 0.25) is 0 Å². The summed E-state index contributed by atoms with van der Waals surface area (Å²) in [6.45, 7) is 42.0. The third kappa shape index (κ3) is 7.07. The highest BCUT2D eigenvalue weighted by Gasteiger charge is 2.48. The molecular formula is C68H74BN3O. The average molecular weight is 960 g/mol. The van der Waals surface area contributed by atoms with Gasteiger partial charge >= 0.3 is 6.85 Å². The summed E-state index contributed by atoms with van der Waals surface area (Å²) in [7, 11) is 0. The minimum Gasteiger partial charge on any atom is -0.440 e. The highest BCUT2D eigenvalue weighted by molar-refractivity contribution is 6.91. The Bertz CT molecular complexity index is 3940. The molecule has 10 aromatic rings. The maximum absolute atomic E-state index is 7.73. The summed E-state index contributed by atoms with van der Waals surface area (Å²) in [6, 6.07) is 47.6. The summed E-state index contributed by atoms with van der Waals surface area (Å²) >= 11 is 0. The second-order valence-corrected chi connectivity index (χ2v) is 28.0. The molecule has 0 fully saturated rings. The highest BCUT2D eigenvalue weighted by atomic mass is 16.4. The average Bonchev–Trinajstić information content (AvgIpc) is 3.96. The molecule has 0 saturated heterocycles. The van der Waals surface area contributed by atoms with Gasteiger partial charge in [-0.15, -0.1) is 0 Å². The van der Waals surface area contributed by atoms with Crippen molar-refractivity contribution in [2.45, 2.75) is 157 Å². The normalized spacial score (nSPS) is 14.4. The van der Waals surface area contributed by atoms with Crippen molar-refractivity contribution in [3.05, 3.63) is 155 Å². The SMILES string of the molecule is CC(C)(C)c1ccc(N2c3cc(C(C)(C)C)cc4c3B(c3c2oc2c(C(C)(C)C)cc(C(C)(C)C)cc32)n2c3ccc(C(C)(C)C)cc3c3cc5c(c-4c32)c2cc(C(C)(C)C)ccc2n5-c2ccccc2)cc1. The van der Waals surface area contributed by atoms with Crippen LogP contribution in [0, 0.1) is 0 Å². The van der Waals surface area contributed by atoms with Gasteiger partial charge in [-0.2, -0.15) is 0 Å². The van der Waals surface area contributed by atoms with Crippen molar-refractivity contribution in [1.29, 1.82) is 0 Å². The Morgan fingerprint density at radius 1 is 0.411 bits per heavy atom. The monoisotopic (exact) mass is 960 g/mol. The fraction of sp³-hybridized carbons (Fsp3) is 0.353. The quantitative estimate of drug-likeness (QED) is 0.161. The smallest absolute Gasteiger partial charge is 0.337 e. The molecule has 3 aromatic heterocycles. The number of anilines is 3. The van der Waals surface area contributed by atoms with Gasteiger partial charge in [-0.25, -0.2) is 0 Å². The van der Waals surface area contributed by atoms with E-state index in [-0.39, 0.29) is 39.3 Å². The first-order chi connectivity index (χ1) is 34.0. The van der Waals surface area contributed by atoms with Gasteiger partial charge in [0.1, 0.15) is 5.58 Å². The molecule has 0 N–H and O–H groups in total. The molecule has 0 bridgehead atoms. The van der Waals surface area contributed by atoms with E-state index in [1.165, 1.54) is 116 Å². The third-order valence-corrected chi connectivity index (χ3v) is 16.6. The lowest BCUT2D eigenvalue weighted by molar-refractivity contribution is 0.552. The Morgan fingerprint density at radius 3 is 1.55 bits per heavy atom. The Morgan fingerprint density at radius 2 is 0.959 bits per heavy atom. The maximum atomic E-state index is 7.73. The molecule has 370 valence electrons.